The van der Waals surface area contributed by atoms with Gasteiger partial charge < -0.3 is 0 Å². The zero-order chi connectivity index (χ0) is 19.4. The summed E-state index contributed by atoms with van der Waals surface area (Å²) < 4.78 is 0. The van der Waals surface area contributed by atoms with E-state index in [0.717, 1.165) is 0 Å². The molecule has 2 aromatic carbocycles. The molecule has 0 atom stereocenters. The Morgan fingerprint density at radius 1 is 0.692 bits per heavy atom. The van der Waals surface area contributed by atoms with Crippen LogP contribution in [0.4, 0.5) is 0 Å². The van der Waals surface area contributed by atoms with Gasteiger partial charge in [-0.1, -0.05) is 35.3 Å². The van der Waals surface area contributed by atoms with Crippen LogP contribution in [0.1, 0.15) is 55.3 Å². The van der Waals surface area contributed by atoms with Crippen molar-refractivity contribution in [3.05, 3.63) is 68.7 Å². The van der Waals surface area contributed by atoms with Gasteiger partial charge in [0.1, 0.15) is 0 Å². The van der Waals surface area contributed by atoms with E-state index in [0.29, 0.717) is 0 Å². The van der Waals surface area contributed by atoms with Crippen molar-refractivity contribution in [2.24, 2.45) is 0 Å². The molecule has 26 heavy (non-hydrogen) atoms. The molecule has 0 N–H and O–H groups in total. The van der Waals surface area contributed by atoms with E-state index in [9.17, 15) is 19.2 Å². The molecular weight excluding hydrogens is 383 g/mol. The van der Waals surface area contributed by atoms with E-state index >= 15 is 0 Å². The van der Waals surface area contributed by atoms with Crippen molar-refractivity contribution in [3.63, 3.8) is 0 Å². The van der Waals surface area contributed by atoms with E-state index in [2.05, 4.69) is 9.78 Å². The summed E-state index contributed by atoms with van der Waals surface area (Å²) in [5.41, 5.74) is -0.420. The molecule has 0 aliphatic rings. The molecule has 6 nitrogen and oxygen atoms in total. The van der Waals surface area contributed by atoms with Crippen molar-refractivity contribution in [1.82, 2.24) is 0 Å². The van der Waals surface area contributed by atoms with Crippen LogP contribution in [0.15, 0.2) is 36.4 Å². The van der Waals surface area contributed by atoms with Crippen molar-refractivity contribution in [1.29, 1.82) is 0 Å². The average molecular weight is 395 g/mol. The SMILES string of the molecule is CC(=O)c1c(Cl)cccc1C(=O)OOC(=O)c1cccc(Cl)c1C(C)=O. The quantitative estimate of drug-likeness (QED) is 0.435. The molecule has 0 spiro atoms. The van der Waals surface area contributed by atoms with Gasteiger partial charge >= 0.3 is 11.9 Å². The summed E-state index contributed by atoms with van der Waals surface area (Å²) in [5.74, 6) is -3.08. The third-order valence-corrected chi connectivity index (χ3v) is 3.99. The number of hydrogen-bond acceptors (Lipinski definition) is 6. The van der Waals surface area contributed by atoms with Crippen LogP contribution in [0.25, 0.3) is 0 Å². The second kappa shape index (κ2) is 8.12. The Kier molecular flexibility index (Phi) is 6.13. The third-order valence-electron chi connectivity index (χ3n) is 3.36. The van der Waals surface area contributed by atoms with Gasteiger partial charge in [0.15, 0.2) is 11.6 Å². The van der Waals surface area contributed by atoms with Crippen LogP contribution < -0.4 is 0 Å². The highest BCUT2D eigenvalue weighted by molar-refractivity contribution is 6.35. The number of hydrogen-bond donors (Lipinski definition) is 0. The maximum Gasteiger partial charge on any atom is 0.387 e. The van der Waals surface area contributed by atoms with E-state index in [1.807, 2.05) is 0 Å². The molecular formula is C18H12Cl2O6. The standard InChI is InChI=1S/C18H12Cl2O6/c1-9(21)15-11(5-3-7-13(15)19)17(23)25-26-18(24)12-6-4-8-14(20)16(12)10(2)22/h3-8H,1-2H3. The first-order valence-corrected chi connectivity index (χ1v) is 8.01. The summed E-state index contributed by atoms with van der Waals surface area (Å²) in [5, 5.41) is 0.124. The number of halogens is 2. The Hall–Kier alpha value is -2.70. The summed E-state index contributed by atoms with van der Waals surface area (Å²) in [6.45, 7) is 2.46. The molecule has 0 saturated heterocycles. The second-order valence-electron chi connectivity index (χ2n) is 5.18. The van der Waals surface area contributed by atoms with Gasteiger partial charge in [-0.3, -0.25) is 9.59 Å². The molecule has 0 radical (unpaired) electrons. The molecule has 0 fully saturated rings. The summed E-state index contributed by atoms with van der Waals surface area (Å²) in [4.78, 5) is 56.6. The first kappa shape index (κ1) is 19.6. The number of carbonyl (C=O) groups excluding carboxylic acids is 4. The predicted octanol–water partition coefficient (Wildman–Crippen LogP) is 4.33. The van der Waals surface area contributed by atoms with Crippen LogP contribution in [0.3, 0.4) is 0 Å². The molecule has 0 saturated carbocycles. The van der Waals surface area contributed by atoms with Gasteiger partial charge in [-0.2, -0.15) is 0 Å². The van der Waals surface area contributed by atoms with E-state index in [1.54, 1.807) is 0 Å². The van der Waals surface area contributed by atoms with Gasteiger partial charge in [0.2, 0.25) is 0 Å². The first-order valence-electron chi connectivity index (χ1n) is 7.26. The maximum absolute atomic E-state index is 12.1. The summed E-state index contributed by atoms with van der Waals surface area (Å²) in [6.07, 6.45) is 0. The number of benzene rings is 2. The Morgan fingerprint density at radius 3 is 1.35 bits per heavy atom. The third kappa shape index (κ3) is 4.09. The van der Waals surface area contributed by atoms with Crippen LogP contribution in [0.5, 0.6) is 0 Å². The van der Waals surface area contributed by atoms with Gasteiger partial charge in [-0.05, 0) is 38.1 Å². The zero-order valence-corrected chi connectivity index (χ0v) is 15.2. The fourth-order valence-electron chi connectivity index (χ4n) is 2.27. The van der Waals surface area contributed by atoms with Crippen molar-refractivity contribution >= 4 is 46.7 Å². The van der Waals surface area contributed by atoms with Gasteiger partial charge in [-0.25, -0.2) is 19.4 Å². The van der Waals surface area contributed by atoms with Gasteiger partial charge in [0.25, 0.3) is 0 Å². The number of Topliss-reactive ketones (excluding diaryl/α,β-unsaturated/α-hetero) is 2. The zero-order valence-electron chi connectivity index (χ0n) is 13.7. The molecule has 134 valence electrons. The van der Waals surface area contributed by atoms with E-state index in [1.165, 1.54) is 50.2 Å². The van der Waals surface area contributed by atoms with Crippen LogP contribution in [-0.2, 0) is 9.78 Å². The topological polar surface area (TPSA) is 86.7 Å². The van der Waals surface area contributed by atoms with E-state index in [4.69, 9.17) is 23.2 Å². The number of rotatable bonds is 4. The van der Waals surface area contributed by atoms with Crippen molar-refractivity contribution in [2.75, 3.05) is 0 Å². The molecule has 0 aliphatic carbocycles. The van der Waals surface area contributed by atoms with Crippen molar-refractivity contribution in [2.45, 2.75) is 13.8 Å². The monoisotopic (exact) mass is 394 g/mol. The van der Waals surface area contributed by atoms with Crippen LogP contribution in [0.2, 0.25) is 10.0 Å². The van der Waals surface area contributed by atoms with Gasteiger partial charge in [-0.15, -0.1) is 0 Å². The molecule has 2 rings (SSSR count). The highest BCUT2D eigenvalue weighted by Crippen LogP contribution is 2.23. The maximum atomic E-state index is 12.1. The lowest BCUT2D eigenvalue weighted by Gasteiger charge is -2.09. The fourth-order valence-corrected chi connectivity index (χ4v) is 2.88. The lowest BCUT2D eigenvalue weighted by molar-refractivity contribution is -0.187. The lowest BCUT2D eigenvalue weighted by Crippen LogP contribution is -2.16. The average Bonchev–Trinajstić information content (AvgIpc) is 2.58. The lowest BCUT2D eigenvalue weighted by atomic mass is 10.0. The van der Waals surface area contributed by atoms with Crippen molar-refractivity contribution in [3.8, 4) is 0 Å². The molecule has 8 heteroatoms. The highest BCUT2D eigenvalue weighted by Gasteiger charge is 2.23. The highest BCUT2D eigenvalue weighted by atomic mass is 35.5. The fraction of sp³-hybridized carbons (Fsp3) is 0.111. The Morgan fingerprint density at radius 2 is 1.04 bits per heavy atom. The normalized spacial score (nSPS) is 10.2. The molecule has 0 aliphatic heterocycles. The van der Waals surface area contributed by atoms with Crippen LogP contribution in [0, 0.1) is 0 Å². The molecule has 0 heterocycles. The minimum Gasteiger partial charge on any atom is -0.294 e. The summed E-state index contributed by atoms with van der Waals surface area (Å²) >= 11 is 11.8. The minimum atomic E-state index is -1.09. The predicted molar refractivity (Wildman–Crippen MR) is 93.7 cm³/mol. The van der Waals surface area contributed by atoms with Gasteiger partial charge in [0.05, 0.1) is 32.3 Å². The van der Waals surface area contributed by atoms with Crippen molar-refractivity contribution < 1.29 is 29.0 Å². The van der Waals surface area contributed by atoms with Crippen LogP contribution >= 0.6 is 23.2 Å². The minimum absolute atomic E-state index is 0.0533. The van der Waals surface area contributed by atoms with Gasteiger partial charge in [0, 0.05) is 0 Å². The van der Waals surface area contributed by atoms with Crippen LogP contribution in [-0.4, -0.2) is 23.5 Å². The Labute approximate surface area is 158 Å². The Bertz CT molecular complexity index is 844. The first-order chi connectivity index (χ1) is 12.2. The molecule has 0 aromatic heterocycles. The van der Waals surface area contributed by atoms with E-state index < -0.39 is 23.5 Å². The largest absolute Gasteiger partial charge is 0.387 e. The summed E-state index contributed by atoms with van der Waals surface area (Å²) in [7, 11) is 0. The number of carbonyl (C=O) groups is 4. The number of ketones is 2. The second-order valence-corrected chi connectivity index (χ2v) is 5.99. The Balaban J connectivity index is 2.23. The smallest absolute Gasteiger partial charge is 0.294 e. The molecule has 0 amide bonds. The summed E-state index contributed by atoms with van der Waals surface area (Å²) in [6, 6.07) is 8.37. The molecule has 2 aromatic rings. The van der Waals surface area contributed by atoms with E-state index in [-0.39, 0.29) is 32.3 Å². The molecule has 0 unspecified atom stereocenters. The molecule has 0 bridgehead atoms.